The molecule has 2 aromatic heterocycles. The van der Waals surface area contributed by atoms with Crippen LogP contribution in [0.3, 0.4) is 0 Å². The maximum absolute atomic E-state index is 13.4. The molecular formula is C29H24N4O3. The number of hydrogen-bond acceptors (Lipinski definition) is 5. The summed E-state index contributed by atoms with van der Waals surface area (Å²) in [4.78, 5) is 30.2. The lowest BCUT2D eigenvalue weighted by Gasteiger charge is -2.11. The molecule has 7 heteroatoms. The van der Waals surface area contributed by atoms with Gasteiger partial charge in [-0.2, -0.15) is 9.78 Å². The number of benzene rings is 3. The number of rotatable bonds is 5. The van der Waals surface area contributed by atoms with Crippen LogP contribution in [-0.4, -0.2) is 33.5 Å². The molecule has 0 atom stereocenters. The number of aryl methyl sites for hydroxylation is 1. The second-order valence-corrected chi connectivity index (χ2v) is 8.38. The van der Waals surface area contributed by atoms with E-state index in [0.717, 1.165) is 28.2 Å². The number of fused-ring (bicyclic) bond motifs is 1. The van der Waals surface area contributed by atoms with Crippen LogP contribution < -0.4 is 5.56 Å². The van der Waals surface area contributed by atoms with Gasteiger partial charge in [-0.25, -0.2) is 9.78 Å². The molecular weight excluding hydrogens is 452 g/mol. The molecule has 178 valence electrons. The number of esters is 1. The zero-order chi connectivity index (χ0) is 25.2. The molecule has 0 saturated heterocycles. The van der Waals surface area contributed by atoms with E-state index in [0.29, 0.717) is 22.3 Å². The Morgan fingerprint density at radius 2 is 1.69 bits per heavy atom. The Morgan fingerprint density at radius 1 is 0.944 bits per heavy atom. The summed E-state index contributed by atoms with van der Waals surface area (Å²) in [5.74, 6) is 0.0767. The number of aromatic nitrogens is 3. The third kappa shape index (κ3) is 4.11. The zero-order valence-corrected chi connectivity index (χ0v) is 20.2. The van der Waals surface area contributed by atoms with E-state index in [-0.39, 0.29) is 5.56 Å². The van der Waals surface area contributed by atoms with Crippen LogP contribution in [0.1, 0.15) is 27.3 Å². The number of carbonyl (C=O) groups excluding carboxylic acids is 1. The average Bonchev–Trinajstić information content (AvgIpc) is 3.20. The number of methoxy groups -OCH3 is 1. The molecule has 0 amide bonds. The van der Waals surface area contributed by atoms with Crippen LogP contribution in [-0.2, 0) is 4.74 Å². The first-order chi connectivity index (χ1) is 17.5. The Morgan fingerprint density at radius 3 is 2.47 bits per heavy atom. The van der Waals surface area contributed by atoms with Crippen molar-refractivity contribution in [1.29, 1.82) is 0 Å². The molecule has 36 heavy (non-hydrogen) atoms. The van der Waals surface area contributed by atoms with Crippen molar-refractivity contribution in [3.63, 3.8) is 0 Å². The molecule has 0 fully saturated rings. The van der Waals surface area contributed by atoms with Gasteiger partial charge in [-0.1, -0.05) is 48.5 Å². The first-order valence-corrected chi connectivity index (χ1v) is 11.5. The molecule has 2 heterocycles. The quantitative estimate of drug-likeness (QED) is 0.260. The molecule has 0 N–H and O–H groups in total. The van der Waals surface area contributed by atoms with E-state index in [1.165, 1.54) is 11.8 Å². The molecule has 0 bridgehead atoms. The van der Waals surface area contributed by atoms with Crippen molar-refractivity contribution in [2.75, 3.05) is 7.11 Å². The summed E-state index contributed by atoms with van der Waals surface area (Å²) >= 11 is 0. The SMILES string of the molecule is COC(=O)c1cccc(-n2c(C)cc(C=Nn3c(-c4ccccc4)nc4ccccc4c3=O)c2C)c1. The van der Waals surface area contributed by atoms with Crippen molar-refractivity contribution < 1.29 is 9.53 Å². The van der Waals surface area contributed by atoms with Crippen molar-refractivity contribution in [3.8, 4) is 17.1 Å². The number of ether oxygens (including phenoxy) is 1. The van der Waals surface area contributed by atoms with Gasteiger partial charge in [0.1, 0.15) is 0 Å². The Bertz CT molecular complexity index is 1680. The number of para-hydroxylation sites is 1. The lowest BCUT2D eigenvalue weighted by molar-refractivity contribution is 0.0600. The Hall–Kier alpha value is -4.78. The Kier molecular flexibility index (Phi) is 6.04. The zero-order valence-electron chi connectivity index (χ0n) is 20.2. The predicted molar refractivity (Wildman–Crippen MR) is 141 cm³/mol. The van der Waals surface area contributed by atoms with Crippen molar-refractivity contribution in [2.24, 2.45) is 5.10 Å². The highest BCUT2D eigenvalue weighted by molar-refractivity contribution is 5.90. The minimum atomic E-state index is -0.391. The van der Waals surface area contributed by atoms with Crippen molar-refractivity contribution in [3.05, 3.63) is 118 Å². The summed E-state index contributed by atoms with van der Waals surface area (Å²) in [5, 5.41) is 5.10. The lowest BCUT2D eigenvalue weighted by Crippen LogP contribution is -2.20. The fourth-order valence-corrected chi connectivity index (χ4v) is 4.33. The minimum Gasteiger partial charge on any atom is -0.465 e. The molecule has 0 unspecified atom stereocenters. The molecule has 0 saturated carbocycles. The van der Waals surface area contributed by atoms with Crippen molar-refractivity contribution >= 4 is 23.1 Å². The smallest absolute Gasteiger partial charge is 0.337 e. The van der Waals surface area contributed by atoms with E-state index in [2.05, 4.69) is 5.10 Å². The molecule has 5 aromatic rings. The van der Waals surface area contributed by atoms with Gasteiger partial charge < -0.3 is 9.30 Å². The third-order valence-electron chi connectivity index (χ3n) is 6.09. The van der Waals surface area contributed by atoms with Gasteiger partial charge in [-0.15, -0.1) is 0 Å². The summed E-state index contributed by atoms with van der Waals surface area (Å²) in [6.45, 7) is 3.95. The van der Waals surface area contributed by atoms with E-state index in [9.17, 15) is 9.59 Å². The molecule has 3 aromatic carbocycles. The molecule has 0 radical (unpaired) electrons. The molecule has 0 aliphatic heterocycles. The monoisotopic (exact) mass is 476 g/mol. The number of carbonyl (C=O) groups is 1. The van der Waals surface area contributed by atoms with Gasteiger partial charge >= 0.3 is 5.97 Å². The topological polar surface area (TPSA) is 78.5 Å². The molecule has 0 aliphatic carbocycles. The second-order valence-electron chi connectivity index (χ2n) is 8.38. The van der Waals surface area contributed by atoms with Gasteiger partial charge in [0.05, 0.1) is 29.8 Å². The third-order valence-corrected chi connectivity index (χ3v) is 6.09. The predicted octanol–water partition coefficient (Wildman–Crippen LogP) is 5.14. The normalized spacial score (nSPS) is 11.3. The van der Waals surface area contributed by atoms with Crippen LogP contribution in [0.2, 0.25) is 0 Å². The van der Waals surface area contributed by atoms with E-state index >= 15 is 0 Å². The van der Waals surface area contributed by atoms with E-state index in [1.807, 2.05) is 85.1 Å². The van der Waals surface area contributed by atoms with Gasteiger partial charge in [0.2, 0.25) is 0 Å². The van der Waals surface area contributed by atoms with Crippen LogP contribution >= 0.6 is 0 Å². The van der Waals surface area contributed by atoms with Crippen LogP contribution in [0.4, 0.5) is 0 Å². The summed E-state index contributed by atoms with van der Waals surface area (Å²) in [6, 6.07) is 26.0. The van der Waals surface area contributed by atoms with E-state index in [1.54, 1.807) is 24.4 Å². The van der Waals surface area contributed by atoms with Crippen LogP contribution in [0, 0.1) is 13.8 Å². The molecule has 7 nitrogen and oxygen atoms in total. The standard InChI is InChI=1S/C29H24N4O3/c1-19-16-23(20(2)32(19)24-13-9-12-22(17-24)29(35)36-3)18-30-33-27(21-10-5-4-6-11-21)31-26-15-8-7-14-25(26)28(33)34/h4-18H,1-3H3. The first kappa shape index (κ1) is 23.0. The van der Waals surface area contributed by atoms with Crippen molar-refractivity contribution in [2.45, 2.75) is 13.8 Å². The molecule has 0 spiro atoms. The fraction of sp³-hybridized carbons (Fsp3) is 0.103. The van der Waals surface area contributed by atoms with Gasteiger partial charge in [0.15, 0.2) is 5.82 Å². The Labute approximate surface area is 207 Å². The number of nitrogens with zero attached hydrogens (tertiary/aromatic N) is 4. The first-order valence-electron chi connectivity index (χ1n) is 11.5. The van der Waals surface area contributed by atoms with Gasteiger partial charge in [-0.05, 0) is 50.2 Å². The van der Waals surface area contributed by atoms with Crippen LogP contribution in [0.15, 0.2) is 94.8 Å². The van der Waals surface area contributed by atoms with Crippen LogP contribution in [0.5, 0.6) is 0 Å². The largest absolute Gasteiger partial charge is 0.465 e. The van der Waals surface area contributed by atoms with Gasteiger partial charge in [0, 0.05) is 28.2 Å². The maximum atomic E-state index is 13.4. The van der Waals surface area contributed by atoms with Crippen LogP contribution in [0.25, 0.3) is 28.0 Å². The summed E-state index contributed by atoms with van der Waals surface area (Å²) in [6.07, 6.45) is 1.67. The van der Waals surface area contributed by atoms with Gasteiger partial charge in [-0.3, -0.25) is 4.79 Å². The highest BCUT2D eigenvalue weighted by Crippen LogP contribution is 2.22. The van der Waals surface area contributed by atoms with Gasteiger partial charge in [0.25, 0.3) is 5.56 Å². The van der Waals surface area contributed by atoms with E-state index in [4.69, 9.17) is 9.72 Å². The minimum absolute atomic E-state index is 0.240. The van der Waals surface area contributed by atoms with Crippen molar-refractivity contribution in [1.82, 2.24) is 14.2 Å². The summed E-state index contributed by atoms with van der Waals surface area (Å²) < 4.78 is 8.25. The fourth-order valence-electron chi connectivity index (χ4n) is 4.33. The molecule has 0 aliphatic rings. The maximum Gasteiger partial charge on any atom is 0.337 e. The average molecular weight is 477 g/mol. The highest BCUT2D eigenvalue weighted by atomic mass is 16.5. The Balaban J connectivity index is 1.62. The highest BCUT2D eigenvalue weighted by Gasteiger charge is 2.14. The number of hydrogen-bond donors (Lipinski definition) is 0. The molecule has 5 rings (SSSR count). The second kappa shape index (κ2) is 9.46. The summed E-state index contributed by atoms with van der Waals surface area (Å²) in [5.41, 5.74) is 5.20. The van der Waals surface area contributed by atoms with E-state index < -0.39 is 5.97 Å². The summed E-state index contributed by atoms with van der Waals surface area (Å²) in [7, 11) is 1.36. The lowest BCUT2D eigenvalue weighted by atomic mass is 10.2.